The van der Waals surface area contributed by atoms with E-state index in [2.05, 4.69) is 16.7 Å². The van der Waals surface area contributed by atoms with Gasteiger partial charge in [0.1, 0.15) is 0 Å². The quantitative estimate of drug-likeness (QED) is 0.271. The molecular weight excluding hydrogens is 639 g/mol. The summed E-state index contributed by atoms with van der Waals surface area (Å²) in [5.41, 5.74) is 0. The van der Waals surface area contributed by atoms with Crippen LogP contribution >= 0.6 is 11.8 Å². The van der Waals surface area contributed by atoms with Crippen molar-refractivity contribution in [3.63, 3.8) is 0 Å². The summed E-state index contributed by atoms with van der Waals surface area (Å²) in [6.07, 6.45) is 48.5. The van der Waals surface area contributed by atoms with Gasteiger partial charge in [-0.1, -0.05) is 96.3 Å². The summed E-state index contributed by atoms with van der Waals surface area (Å²) in [4.78, 5) is 3.35. The largest absolute Gasteiger partial charge is 0.372 e. The Morgan fingerprint density at radius 2 is 0.843 bits per heavy atom. The molecule has 10 aliphatic rings. The summed E-state index contributed by atoms with van der Waals surface area (Å²) in [6, 6.07) is 2.43. The Hall–Kier alpha value is 0.270. The molecule has 288 valence electrons. The molecule has 11 unspecified atom stereocenters. The predicted molar refractivity (Wildman–Crippen MR) is 215 cm³/mol. The second-order valence-electron chi connectivity index (χ2n) is 21.2. The molecule has 8 saturated carbocycles. The highest BCUT2D eigenvalue weighted by Gasteiger charge is 2.60. The summed E-state index contributed by atoms with van der Waals surface area (Å²) in [6.45, 7) is 0. The van der Waals surface area contributed by atoms with Gasteiger partial charge in [0.05, 0.1) is 12.2 Å². The molecule has 10 rings (SSSR count). The zero-order chi connectivity index (χ0) is 33.7. The van der Waals surface area contributed by atoms with Crippen LogP contribution in [0.15, 0.2) is 0 Å². The molecular formula is C48H79NOS. The summed E-state index contributed by atoms with van der Waals surface area (Å²) >= 11 is 2.46. The normalized spacial score (nSPS) is 49.9. The van der Waals surface area contributed by atoms with Gasteiger partial charge in [-0.05, 0) is 156 Å². The Morgan fingerprint density at radius 1 is 0.333 bits per heavy atom. The lowest BCUT2D eigenvalue weighted by Crippen LogP contribution is -2.58. The Balaban J connectivity index is 0.873. The van der Waals surface area contributed by atoms with Gasteiger partial charge in [-0.2, -0.15) is 11.8 Å². The van der Waals surface area contributed by atoms with E-state index in [1.165, 1.54) is 135 Å². The van der Waals surface area contributed by atoms with Crippen molar-refractivity contribution in [1.82, 2.24) is 4.90 Å². The van der Waals surface area contributed by atoms with Crippen molar-refractivity contribution in [3.05, 3.63) is 0 Å². The van der Waals surface area contributed by atoms with Crippen molar-refractivity contribution < 1.29 is 4.74 Å². The molecule has 0 spiro atoms. The fourth-order valence-electron chi connectivity index (χ4n) is 16.9. The molecule has 2 nitrogen and oxygen atoms in total. The third-order valence-corrected chi connectivity index (χ3v) is 20.9. The van der Waals surface area contributed by atoms with Crippen molar-refractivity contribution in [3.8, 4) is 0 Å². The second-order valence-corrected chi connectivity index (χ2v) is 22.7. The molecule has 8 aliphatic carbocycles. The summed E-state index contributed by atoms with van der Waals surface area (Å²) in [5, 5.41) is 1.90. The van der Waals surface area contributed by atoms with Gasteiger partial charge in [-0.25, -0.2) is 0 Å². The van der Waals surface area contributed by atoms with Crippen molar-refractivity contribution in [2.75, 3.05) is 0 Å². The first-order chi connectivity index (χ1) is 25.3. The number of nitrogens with zero attached hydrogens (tertiary/aromatic N) is 1. The third kappa shape index (κ3) is 7.01. The molecule has 10 fully saturated rings. The molecule has 51 heavy (non-hydrogen) atoms. The van der Waals surface area contributed by atoms with Gasteiger partial charge in [0.15, 0.2) is 0 Å². The first kappa shape index (κ1) is 35.7. The summed E-state index contributed by atoms with van der Waals surface area (Å²) in [5.74, 6) is 10.0. The van der Waals surface area contributed by atoms with Crippen LogP contribution in [0, 0.1) is 59.2 Å². The lowest BCUT2D eigenvalue weighted by Gasteiger charge is -2.53. The Labute approximate surface area is 319 Å². The first-order valence-electron chi connectivity index (χ1n) is 24.4. The molecule has 2 saturated heterocycles. The van der Waals surface area contributed by atoms with Gasteiger partial charge >= 0.3 is 0 Å². The first-order valence-corrected chi connectivity index (χ1v) is 25.3. The van der Waals surface area contributed by atoms with Crippen LogP contribution in [-0.2, 0) is 4.74 Å². The predicted octanol–water partition coefficient (Wildman–Crippen LogP) is 13.0. The van der Waals surface area contributed by atoms with Crippen LogP contribution in [-0.4, -0.2) is 45.7 Å². The van der Waals surface area contributed by atoms with E-state index in [4.69, 9.17) is 4.74 Å². The molecule has 2 aliphatic heterocycles. The minimum absolute atomic E-state index is 0.558. The standard InChI is InChI=1S/C48H79NOS/c1-3-12-32(13-4-1)33-22-26-36(27-23-33)49(37-28-24-35(25-29-37)39-17-8-7-16-38(39)34-14-5-2-6-15-34)43-20-11-19-40-41-30-31-45-46(48(41)50-47(40)43)42-18-9-10-21-44(42)51-45/h32-48H,1-31H2. The highest BCUT2D eigenvalue weighted by Crippen LogP contribution is 2.61. The maximum Gasteiger partial charge on any atom is 0.0766 e. The minimum atomic E-state index is 0.558. The van der Waals surface area contributed by atoms with E-state index >= 15 is 0 Å². The van der Waals surface area contributed by atoms with Gasteiger partial charge in [-0.3, -0.25) is 4.90 Å². The molecule has 11 atom stereocenters. The summed E-state index contributed by atoms with van der Waals surface area (Å²) < 4.78 is 7.77. The Kier molecular flexibility index (Phi) is 11.2. The molecule has 0 aromatic heterocycles. The molecule has 0 radical (unpaired) electrons. The fourth-order valence-corrected chi connectivity index (χ4v) is 19.0. The number of thioether (sulfide) groups is 1. The monoisotopic (exact) mass is 718 g/mol. The lowest BCUT2D eigenvalue weighted by molar-refractivity contribution is -0.0993. The van der Waals surface area contributed by atoms with E-state index in [0.717, 1.165) is 87.8 Å². The average molecular weight is 718 g/mol. The number of hydrogen-bond donors (Lipinski definition) is 0. The van der Waals surface area contributed by atoms with Gasteiger partial charge in [-0.15, -0.1) is 0 Å². The molecule has 0 N–H and O–H groups in total. The maximum absolute atomic E-state index is 7.77. The van der Waals surface area contributed by atoms with E-state index < -0.39 is 0 Å². The number of fused-ring (bicyclic) bond motifs is 7. The highest BCUT2D eigenvalue weighted by molar-refractivity contribution is 8.00. The molecule has 2 heterocycles. The van der Waals surface area contributed by atoms with E-state index in [0.29, 0.717) is 12.2 Å². The van der Waals surface area contributed by atoms with Gasteiger partial charge in [0, 0.05) is 34.5 Å². The number of rotatable bonds is 6. The van der Waals surface area contributed by atoms with Gasteiger partial charge < -0.3 is 4.74 Å². The van der Waals surface area contributed by atoms with Crippen LogP contribution in [0.1, 0.15) is 199 Å². The van der Waals surface area contributed by atoms with Crippen LogP contribution in [0.4, 0.5) is 0 Å². The van der Waals surface area contributed by atoms with Crippen molar-refractivity contribution in [1.29, 1.82) is 0 Å². The van der Waals surface area contributed by atoms with Crippen LogP contribution < -0.4 is 0 Å². The van der Waals surface area contributed by atoms with E-state index in [9.17, 15) is 0 Å². The third-order valence-electron chi connectivity index (χ3n) is 19.1. The number of ether oxygens (including phenoxy) is 1. The van der Waals surface area contributed by atoms with E-state index in [1.807, 2.05) is 0 Å². The van der Waals surface area contributed by atoms with Gasteiger partial charge in [0.25, 0.3) is 0 Å². The van der Waals surface area contributed by atoms with Crippen molar-refractivity contribution >= 4 is 11.8 Å². The highest BCUT2D eigenvalue weighted by atomic mass is 32.2. The molecule has 0 bridgehead atoms. The molecule has 0 amide bonds. The number of hydrogen-bond acceptors (Lipinski definition) is 3. The molecule has 0 aromatic carbocycles. The van der Waals surface area contributed by atoms with Crippen molar-refractivity contribution in [2.45, 2.75) is 240 Å². The van der Waals surface area contributed by atoms with Crippen LogP contribution in [0.3, 0.4) is 0 Å². The zero-order valence-corrected chi connectivity index (χ0v) is 33.8. The molecule has 0 aromatic rings. The fraction of sp³-hybridized carbons (Fsp3) is 1.00. The van der Waals surface area contributed by atoms with E-state index in [1.54, 1.807) is 64.2 Å². The van der Waals surface area contributed by atoms with Crippen LogP contribution in [0.2, 0.25) is 0 Å². The maximum atomic E-state index is 7.77. The average Bonchev–Trinajstić information content (AvgIpc) is 3.78. The van der Waals surface area contributed by atoms with Crippen molar-refractivity contribution in [2.24, 2.45) is 59.2 Å². The SMILES string of the molecule is C1CCC(C2CCC(N(C3CCC(C4CCCCC4C4CCCCC4)CC3)C3CCCC4C5CCC6SC7CCCCC7C6C5OC43)CC2)CC1. The van der Waals surface area contributed by atoms with Crippen LogP contribution in [0.5, 0.6) is 0 Å². The smallest absolute Gasteiger partial charge is 0.0766 e. The zero-order valence-electron chi connectivity index (χ0n) is 33.0. The Morgan fingerprint density at radius 3 is 1.53 bits per heavy atom. The summed E-state index contributed by atoms with van der Waals surface area (Å²) in [7, 11) is 0. The van der Waals surface area contributed by atoms with Crippen LogP contribution in [0.25, 0.3) is 0 Å². The molecule has 3 heteroatoms. The Bertz CT molecular complexity index is 1110. The van der Waals surface area contributed by atoms with E-state index in [-0.39, 0.29) is 0 Å². The minimum Gasteiger partial charge on any atom is -0.372 e. The second kappa shape index (κ2) is 16.0. The van der Waals surface area contributed by atoms with Gasteiger partial charge in [0.2, 0.25) is 0 Å². The topological polar surface area (TPSA) is 12.5 Å². The lowest BCUT2D eigenvalue weighted by atomic mass is 9.61.